The monoisotopic (exact) mass is 312 g/mol. The topological polar surface area (TPSA) is 22.6 Å². The molecule has 1 aromatic rings. The van der Waals surface area contributed by atoms with Crippen LogP contribution in [0.4, 0.5) is 19.0 Å². The molecule has 0 bridgehead atoms. The standard InChI is InChI=1S/C15H19F3N4/c1-20-9-10-22(14(20)15(16,17)18)11-12-5-4-6-13(19-12)21-7-2-3-8-21/h4-6,9-10,14H,2-3,7-8,11H2,1H3. The first-order valence-corrected chi connectivity index (χ1v) is 7.39. The van der Waals surface area contributed by atoms with Crippen LogP contribution in [0.25, 0.3) is 0 Å². The van der Waals surface area contributed by atoms with Crippen LogP contribution in [0.15, 0.2) is 30.6 Å². The molecule has 0 aliphatic carbocycles. The Balaban J connectivity index is 1.75. The molecule has 0 radical (unpaired) electrons. The minimum atomic E-state index is -4.30. The molecule has 7 heteroatoms. The van der Waals surface area contributed by atoms with E-state index in [9.17, 15) is 13.2 Å². The maximum atomic E-state index is 13.1. The van der Waals surface area contributed by atoms with Crippen LogP contribution >= 0.6 is 0 Å². The second-order valence-corrected chi connectivity index (χ2v) is 5.73. The van der Waals surface area contributed by atoms with Gasteiger partial charge in [-0.25, -0.2) is 4.98 Å². The molecule has 1 aromatic heterocycles. The molecule has 1 atom stereocenters. The number of hydrogen-bond donors (Lipinski definition) is 0. The molecular formula is C15H19F3N4. The number of rotatable bonds is 3. The van der Waals surface area contributed by atoms with Gasteiger partial charge in [0.2, 0.25) is 0 Å². The highest BCUT2D eigenvalue weighted by molar-refractivity contribution is 5.40. The molecule has 0 N–H and O–H groups in total. The van der Waals surface area contributed by atoms with Crippen molar-refractivity contribution in [3.05, 3.63) is 36.3 Å². The van der Waals surface area contributed by atoms with Crippen LogP contribution in [0.2, 0.25) is 0 Å². The van der Waals surface area contributed by atoms with E-state index >= 15 is 0 Å². The van der Waals surface area contributed by atoms with Gasteiger partial charge in [-0.1, -0.05) is 6.07 Å². The zero-order valence-corrected chi connectivity index (χ0v) is 12.4. The molecule has 3 heterocycles. The molecule has 120 valence electrons. The van der Waals surface area contributed by atoms with E-state index in [1.807, 2.05) is 12.1 Å². The first kappa shape index (κ1) is 15.0. The largest absolute Gasteiger partial charge is 0.427 e. The Morgan fingerprint density at radius 2 is 1.91 bits per heavy atom. The lowest BCUT2D eigenvalue weighted by molar-refractivity contribution is -0.202. The maximum absolute atomic E-state index is 13.1. The molecule has 1 fully saturated rings. The summed E-state index contributed by atoms with van der Waals surface area (Å²) in [5.74, 6) is 0.857. The van der Waals surface area contributed by atoms with Crippen LogP contribution in [0, 0.1) is 0 Å². The highest BCUT2D eigenvalue weighted by atomic mass is 19.4. The fourth-order valence-corrected chi connectivity index (χ4v) is 3.01. The Morgan fingerprint density at radius 3 is 2.59 bits per heavy atom. The van der Waals surface area contributed by atoms with Crippen molar-refractivity contribution in [2.75, 3.05) is 25.0 Å². The predicted octanol–water partition coefficient (Wildman–Crippen LogP) is 2.79. The van der Waals surface area contributed by atoms with Crippen LogP contribution in [0.3, 0.4) is 0 Å². The summed E-state index contributed by atoms with van der Waals surface area (Å²) in [6.07, 6.45) is -0.719. The molecule has 2 aliphatic rings. The van der Waals surface area contributed by atoms with E-state index in [0.717, 1.165) is 31.7 Å². The van der Waals surface area contributed by atoms with E-state index in [1.54, 1.807) is 6.07 Å². The molecule has 0 spiro atoms. The predicted molar refractivity (Wildman–Crippen MR) is 78.0 cm³/mol. The van der Waals surface area contributed by atoms with Crippen LogP contribution in [0.5, 0.6) is 0 Å². The van der Waals surface area contributed by atoms with Gasteiger partial charge in [-0.15, -0.1) is 0 Å². The SMILES string of the molecule is CN1C=CN(Cc2cccc(N3CCCC3)n2)C1C(F)(F)F. The smallest absolute Gasteiger partial charge is 0.357 e. The average Bonchev–Trinajstić information content (AvgIpc) is 3.08. The summed E-state index contributed by atoms with van der Waals surface area (Å²) in [5.41, 5.74) is 0.651. The van der Waals surface area contributed by atoms with E-state index in [4.69, 9.17) is 0 Å². The van der Waals surface area contributed by atoms with E-state index < -0.39 is 12.3 Å². The van der Waals surface area contributed by atoms with Gasteiger partial charge in [0.25, 0.3) is 0 Å². The number of hydrogen-bond acceptors (Lipinski definition) is 4. The van der Waals surface area contributed by atoms with Crippen LogP contribution in [-0.4, -0.2) is 47.3 Å². The molecular weight excluding hydrogens is 293 g/mol. The Bertz CT molecular complexity index is 552. The zero-order valence-electron chi connectivity index (χ0n) is 12.4. The fraction of sp³-hybridized carbons (Fsp3) is 0.533. The fourth-order valence-electron chi connectivity index (χ4n) is 3.01. The summed E-state index contributed by atoms with van der Waals surface area (Å²) in [6, 6.07) is 5.56. The van der Waals surface area contributed by atoms with E-state index in [2.05, 4.69) is 9.88 Å². The van der Waals surface area contributed by atoms with Gasteiger partial charge in [-0.3, -0.25) is 0 Å². The lowest BCUT2D eigenvalue weighted by Gasteiger charge is -2.31. The average molecular weight is 312 g/mol. The molecule has 1 unspecified atom stereocenters. The number of anilines is 1. The summed E-state index contributed by atoms with van der Waals surface area (Å²) in [6.45, 7) is 2.08. The molecule has 0 aromatic carbocycles. The van der Waals surface area contributed by atoms with Crippen molar-refractivity contribution in [1.29, 1.82) is 0 Å². The molecule has 2 aliphatic heterocycles. The van der Waals surface area contributed by atoms with E-state index in [0.29, 0.717) is 5.69 Å². The summed E-state index contributed by atoms with van der Waals surface area (Å²) >= 11 is 0. The first-order valence-electron chi connectivity index (χ1n) is 7.39. The molecule has 0 saturated carbocycles. The Labute approximate surface area is 127 Å². The van der Waals surface area contributed by atoms with Crippen molar-refractivity contribution in [3.63, 3.8) is 0 Å². The summed E-state index contributed by atoms with van der Waals surface area (Å²) in [4.78, 5) is 9.15. The van der Waals surface area contributed by atoms with Crippen molar-refractivity contribution >= 4 is 5.82 Å². The second-order valence-electron chi connectivity index (χ2n) is 5.73. The third-order valence-electron chi connectivity index (χ3n) is 4.05. The van der Waals surface area contributed by atoms with Crippen LogP contribution < -0.4 is 4.90 Å². The van der Waals surface area contributed by atoms with Gasteiger partial charge >= 0.3 is 6.18 Å². The molecule has 1 saturated heterocycles. The van der Waals surface area contributed by atoms with Gasteiger partial charge < -0.3 is 14.7 Å². The maximum Gasteiger partial charge on any atom is 0.427 e. The van der Waals surface area contributed by atoms with Crippen molar-refractivity contribution in [2.45, 2.75) is 31.7 Å². The van der Waals surface area contributed by atoms with Gasteiger partial charge in [0.05, 0.1) is 12.2 Å². The number of pyridine rings is 1. The molecule has 4 nitrogen and oxygen atoms in total. The van der Waals surface area contributed by atoms with Gasteiger partial charge in [-0.2, -0.15) is 13.2 Å². The Hall–Kier alpha value is -1.92. The highest BCUT2D eigenvalue weighted by Crippen LogP contribution is 2.31. The number of halogens is 3. The lowest BCUT2D eigenvalue weighted by Crippen LogP contribution is -2.47. The minimum absolute atomic E-state index is 0.146. The second kappa shape index (κ2) is 5.70. The van der Waals surface area contributed by atoms with E-state index in [1.165, 1.54) is 29.2 Å². The highest BCUT2D eigenvalue weighted by Gasteiger charge is 2.47. The normalized spacial score (nSPS) is 22.0. The zero-order chi connectivity index (χ0) is 15.7. The van der Waals surface area contributed by atoms with Crippen LogP contribution in [0.1, 0.15) is 18.5 Å². The number of alkyl halides is 3. The van der Waals surface area contributed by atoms with Crippen LogP contribution in [-0.2, 0) is 6.54 Å². The molecule has 3 rings (SSSR count). The summed E-state index contributed by atoms with van der Waals surface area (Å²) in [5, 5.41) is 0. The van der Waals surface area contributed by atoms with Gasteiger partial charge in [-0.05, 0) is 25.0 Å². The third-order valence-corrected chi connectivity index (χ3v) is 4.05. The number of nitrogens with zero attached hydrogens (tertiary/aromatic N) is 4. The Morgan fingerprint density at radius 1 is 1.18 bits per heavy atom. The Kier molecular flexibility index (Phi) is 3.88. The quantitative estimate of drug-likeness (QED) is 0.856. The lowest BCUT2D eigenvalue weighted by atomic mass is 10.3. The summed E-state index contributed by atoms with van der Waals surface area (Å²) in [7, 11) is 1.43. The summed E-state index contributed by atoms with van der Waals surface area (Å²) < 4.78 is 39.4. The van der Waals surface area contributed by atoms with Gasteiger partial charge in [0.1, 0.15) is 5.82 Å². The number of aromatic nitrogens is 1. The first-order chi connectivity index (χ1) is 10.4. The van der Waals surface area contributed by atoms with Crippen molar-refractivity contribution < 1.29 is 13.2 Å². The van der Waals surface area contributed by atoms with Gasteiger partial charge in [0, 0.05) is 32.5 Å². The molecule has 22 heavy (non-hydrogen) atoms. The third kappa shape index (κ3) is 2.98. The van der Waals surface area contributed by atoms with E-state index in [-0.39, 0.29) is 6.54 Å². The van der Waals surface area contributed by atoms with Crippen molar-refractivity contribution in [1.82, 2.24) is 14.8 Å². The van der Waals surface area contributed by atoms with Gasteiger partial charge in [0.15, 0.2) is 6.17 Å². The molecule has 0 amide bonds. The van der Waals surface area contributed by atoms with Crippen molar-refractivity contribution in [2.24, 2.45) is 0 Å². The minimum Gasteiger partial charge on any atom is -0.357 e. The van der Waals surface area contributed by atoms with Crippen molar-refractivity contribution in [3.8, 4) is 0 Å².